The Labute approximate surface area is 96.4 Å². The van der Waals surface area contributed by atoms with Crippen molar-refractivity contribution in [3.05, 3.63) is 11.9 Å². The highest BCUT2D eigenvalue weighted by molar-refractivity contribution is 5.38. The van der Waals surface area contributed by atoms with Crippen LogP contribution in [0.5, 0.6) is 5.88 Å². The van der Waals surface area contributed by atoms with Crippen LogP contribution in [0.15, 0.2) is 6.07 Å². The van der Waals surface area contributed by atoms with Crippen molar-refractivity contribution in [2.45, 2.75) is 45.1 Å². The summed E-state index contributed by atoms with van der Waals surface area (Å²) in [6, 6.07) is 1.87. The molecule has 0 amide bonds. The van der Waals surface area contributed by atoms with Crippen molar-refractivity contribution in [2.75, 3.05) is 12.4 Å². The third-order valence-electron chi connectivity index (χ3n) is 2.83. The molecule has 0 saturated heterocycles. The minimum atomic E-state index is 0.317. The first-order chi connectivity index (χ1) is 7.69. The fourth-order valence-electron chi connectivity index (χ4n) is 1.55. The number of hydrogen-bond acceptors (Lipinski definition) is 4. The summed E-state index contributed by atoms with van der Waals surface area (Å²) in [7, 11) is 1.86. The molecule has 1 heterocycles. The Hall–Kier alpha value is -1.32. The van der Waals surface area contributed by atoms with Gasteiger partial charge in [0.25, 0.3) is 0 Å². The van der Waals surface area contributed by atoms with E-state index in [0.717, 1.165) is 24.5 Å². The summed E-state index contributed by atoms with van der Waals surface area (Å²) >= 11 is 0. The molecule has 4 heteroatoms. The van der Waals surface area contributed by atoms with Crippen molar-refractivity contribution < 1.29 is 4.74 Å². The van der Waals surface area contributed by atoms with Crippen LogP contribution in [0.1, 0.15) is 44.9 Å². The standard InChI is InChI=1S/C12H19N3O/c1-8(2)12-14-10(13-3)7-11(15-12)16-9-5-4-6-9/h7-9H,4-6H2,1-3H3,(H,13,14,15). The molecule has 0 aliphatic heterocycles. The number of ether oxygens (including phenoxy) is 1. The molecule has 1 aromatic rings. The molecule has 0 bridgehead atoms. The van der Waals surface area contributed by atoms with Gasteiger partial charge in [0.1, 0.15) is 17.7 Å². The van der Waals surface area contributed by atoms with E-state index in [1.165, 1.54) is 6.42 Å². The minimum Gasteiger partial charge on any atom is -0.474 e. The van der Waals surface area contributed by atoms with E-state index < -0.39 is 0 Å². The van der Waals surface area contributed by atoms with Gasteiger partial charge in [-0.25, -0.2) is 4.98 Å². The predicted molar refractivity (Wildman–Crippen MR) is 63.9 cm³/mol. The van der Waals surface area contributed by atoms with E-state index in [9.17, 15) is 0 Å². The molecule has 1 saturated carbocycles. The third kappa shape index (κ3) is 2.43. The molecule has 4 nitrogen and oxygen atoms in total. The molecule has 0 aromatic carbocycles. The number of nitrogens with one attached hydrogen (secondary N) is 1. The summed E-state index contributed by atoms with van der Waals surface area (Å²) in [4.78, 5) is 8.83. The number of hydrogen-bond donors (Lipinski definition) is 1. The lowest BCUT2D eigenvalue weighted by molar-refractivity contribution is 0.114. The molecule has 2 rings (SSSR count). The fourth-order valence-corrected chi connectivity index (χ4v) is 1.55. The van der Waals surface area contributed by atoms with Crippen LogP contribution in [0.4, 0.5) is 5.82 Å². The second kappa shape index (κ2) is 4.68. The van der Waals surface area contributed by atoms with Crippen molar-refractivity contribution in [1.29, 1.82) is 0 Å². The number of aromatic nitrogens is 2. The van der Waals surface area contributed by atoms with Gasteiger partial charge in [0.05, 0.1) is 0 Å². The van der Waals surface area contributed by atoms with E-state index in [1.54, 1.807) is 0 Å². The Morgan fingerprint density at radius 2 is 2.12 bits per heavy atom. The van der Waals surface area contributed by atoms with Crippen molar-refractivity contribution in [2.24, 2.45) is 0 Å². The van der Waals surface area contributed by atoms with E-state index in [1.807, 2.05) is 13.1 Å². The highest BCUT2D eigenvalue weighted by Gasteiger charge is 2.20. The van der Waals surface area contributed by atoms with Crippen LogP contribution in [-0.4, -0.2) is 23.1 Å². The first-order valence-corrected chi connectivity index (χ1v) is 5.92. The van der Waals surface area contributed by atoms with Gasteiger partial charge in [0.2, 0.25) is 5.88 Å². The third-order valence-corrected chi connectivity index (χ3v) is 2.83. The van der Waals surface area contributed by atoms with E-state index in [0.29, 0.717) is 17.9 Å². The lowest BCUT2D eigenvalue weighted by Gasteiger charge is -2.26. The Kier molecular flexibility index (Phi) is 3.27. The average Bonchev–Trinajstić information content (AvgIpc) is 2.23. The van der Waals surface area contributed by atoms with Crippen LogP contribution in [0.3, 0.4) is 0 Å². The molecule has 0 radical (unpaired) electrons. The molecule has 0 atom stereocenters. The molecule has 88 valence electrons. The predicted octanol–water partition coefficient (Wildman–Crippen LogP) is 2.57. The van der Waals surface area contributed by atoms with E-state index in [-0.39, 0.29) is 0 Å². The molecule has 1 aliphatic carbocycles. The zero-order valence-corrected chi connectivity index (χ0v) is 10.2. The smallest absolute Gasteiger partial charge is 0.219 e. The molecule has 0 spiro atoms. The summed E-state index contributed by atoms with van der Waals surface area (Å²) in [5.74, 6) is 2.68. The molecule has 1 aliphatic rings. The Balaban J connectivity index is 2.18. The molecule has 1 N–H and O–H groups in total. The van der Waals surface area contributed by atoms with Crippen molar-refractivity contribution in [3.63, 3.8) is 0 Å². The van der Waals surface area contributed by atoms with Crippen molar-refractivity contribution in [3.8, 4) is 5.88 Å². The summed E-state index contributed by atoms with van der Waals surface area (Å²) in [6.07, 6.45) is 3.93. The van der Waals surface area contributed by atoms with Gasteiger partial charge >= 0.3 is 0 Å². The monoisotopic (exact) mass is 221 g/mol. The topological polar surface area (TPSA) is 47.0 Å². The summed E-state index contributed by atoms with van der Waals surface area (Å²) in [5, 5.41) is 3.04. The highest BCUT2D eigenvalue weighted by Crippen LogP contribution is 2.26. The largest absolute Gasteiger partial charge is 0.474 e. The number of rotatable bonds is 4. The van der Waals surface area contributed by atoms with Crippen LogP contribution < -0.4 is 10.1 Å². The van der Waals surface area contributed by atoms with Gasteiger partial charge in [-0.15, -0.1) is 0 Å². The first-order valence-electron chi connectivity index (χ1n) is 5.92. The van der Waals surface area contributed by atoms with Crippen LogP contribution in [0.25, 0.3) is 0 Å². The van der Waals surface area contributed by atoms with Gasteiger partial charge in [-0.2, -0.15) is 4.98 Å². The van der Waals surface area contributed by atoms with Crippen molar-refractivity contribution >= 4 is 5.82 Å². The normalized spacial score (nSPS) is 16.0. The first kappa shape index (κ1) is 11.2. The van der Waals surface area contributed by atoms with E-state index >= 15 is 0 Å². The van der Waals surface area contributed by atoms with Gasteiger partial charge in [0.15, 0.2) is 0 Å². The summed E-state index contributed by atoms with van der Waals surface area (Å²) in [5.41, 5.74) is 0. The van der Waals surface area contributed by atoms with E-state index in [4.69, 9.17) is 4.74 Å². The minimum absolute atomic E-state index is 0.317. The quantitative estimate of drug-likeness (QED) is 0.848. The fraction of sp³-hybridized carbons (Fsp3) is 0.667. The maximum absolute atomic E-state index is 5.79. The van der Waals surface area contributed by atoms with Crippen LogP contribution in [0.2, 0.25) is 0 Å². The molecular formula is C12H19N3O. The van der Waals surface area contributed by atoms with Gasteiger partial charge in [-0.1, -0.05) is 13.8 Å². The molecule has 0 unspecified atom stereocenters. The molecule has 1 fully saturated rings. The SMILES string of the molecule is CNc1cc(OC2CCC2)nc(C(C)C)n1. The van der Waals surface area contributed by atoms with Gasteiger partial charge in [-0.3, -0.25) is 0 Å². The van der Waals surface area contributed by atoms with Crippen LogP contribution >= 0.6 is 0 Å². The van der Waals surface area contributed by atoms with Gasteiger partial charge in [0, 0.05) is 19.0 Å². The summed E-state index contributed by atoms with van der Waals surface area (Å²) in [6.45, 7) is 4.17. The zero-order valence-electron chi connectivity index (χ0n) is 10.2. The van der Waals surface area contributed by atoms with Gasteiger partial charge in [-0.05, 0) is 19.3 Å². The van der Waals surface area contributed by atoms with Gasteiger partial charge < -0.3 is 10.1 Å². The van der Waals surface area contributed by atoms with E-state index in [2.05, 4.69) is 29.1 Å². The maximum Gasteiger partial charge on any atom is 0.219 e. The second-order valence-electron chi connectivity index (χ2n) is 4.53. The molecule has 1 aromatic heterocycles. The second-order valence-corrected chi connectivity index (χ2v) is 4.53. The molecule has 16 heavy (non-hydrogen) atoms. The number of nitrogens with zero attached hydrogens (tertiary/aromatic N) is 2. The number of anilines is 1. The van der Waals surface area contributed by atoms with Crippen LogP contribution in [0, 0.1) is 0 Å². The van der Waals surface area contributed by atoms with Crippen LogP contribution in [-0.2, 0) is 0 Å². The Morgan fingerprint density at radius 1 is 1.38 bits per heavy atom. The zero-order chi connectivity index (χ0) is 11.5. The average molecular weight is 221 g/mol. The molecular weight excluding hydrogens is 202 g/mol. The Bertz CT molecular complexity index is 361. The lowest BCUT2D eigenvalue weighted by Crippen LogP contribution is -2.25. The highest BCUT2D eigenvalue weighted by atomic mass is 16.5. The van der Waals surface area contributed by atoms with Crippen molar-refractivity contribution in [1.82, 2.24) is 9.97 Å². The lowest BCUT2D eigenvalue weighted by atomic mass is 9.96. The summed E-state index contributed by atoms with van der Waals surface area (Å²) < 4.78 is 5.79. The Morgan fingerprint density at radius 3 is 2.62 bits per heavy atom. The maximum atomic E-state index is 5.79.